The number of rotatable bonds is 7. The summed E-state index contributed by atoms with van der Waals surface area (Å²) >= 11 is 1.66. The third kappa shape index (κ3) is 6.41. The second-order valence-electron chi connectivity index (χ2n) is 5.30. The molecule has 0 bridgehead atoms. The highest BCUT2D eigenvalue weighted by atomic mass is 127. The number of hydrogen-bond donors (Lipinski definition) is 3. The quantitative estimate of drug-likeness (QED) is 0.138. The van der Waals surface area contributed by atoms with Crippen molar-refractivity contribution in [3.8, 4) is 0 Å². The molecule has 10 heteroatoms. The molecule has 0 aliphatic rings. The molecule has 0 saturated heterocycles. The lowest BCUT2D eigenvalue weighted by atomic mass is 10.2. The van der Waals surface area contributed by atoms with Gasteiger partial charge in [-0.05, 0) is 19.9 Å². The Morgan fingerprint density at radius 1 is 1.27 bits per heavy atom. The van der Waals surface area contributed by atoms with Gasteiger partial charge in [-0.3, -0.25) is 15.1 Å². The van der Waals surface area contributed by atoms with Crippen molar-refractivity contribution in [1.82, 2.24) is 15.6 Å². The van der Waals surface area contributed by atoms with E-state index in [1.165, 1.54) is 10.9 Å². The first kappa shape index (κ1) is 22.1. The van der Waals surface area contributed by atoms with Crippen molar-refractivity contribution < 1.29 is 4.92 Å². The molecule has 0 fully saturated rings. The predicted molar refractivity (Wildman–Crippen MR) is 117 cm³/mol. The molecule has 8 nitrogen and oxygen atoms in total. The number of nitrogens with zero attached hydrogens (tertiary/aromatic N) is 3. The van der Waals surface area contributed by atoms with Crippen LogP contribution >= 0.6 is 35.3 Å². The van der Waals surface area contributed by atoms with Gasteiger partial charge < -0.3 is 16.0 Å². The predicted octanol–water partition coefficient (Wildman–Crippen LogP) is 3.06. The highest BCUT2D eigenvalue weighted by molar-refractivity contribution is 14.0. The van der Waals surface area contributed by atoms with Gasteiger partial charge >= 0.3 is 0 Å². The smallest absolute Gasteiger partial charge is 0.292 e. The number of anilines is 1. The molecule has 0 aliphatic heterocycles. The summed E-state index contributed by atoms with van der Waals surface area (Å²) in [5, 5.41) is 21.4. The average Bonchev–Trinajstić information content (AvgIpc) is 2.92. The van der Waals surface area contributed by atoms with Crippen LogP contribution in [0.5, 0.6) is 0 Å². The third-order valence-corrected chi connectivity index (χ3v) is 4.61. The van der Waals surface area contributed by atoms with E-state index in [4.69, 9.17) is 0 Å². The number of nitro groups is 1. The number of benzene rings is 1. The summed E-state index contributed by atoms with van der Waals surface area (Å²) in [6.07, 6.45) is 0. The summed E-state index contributed by atoms with van der Waals surface area (Å²) in [5.74, 6) is 0.662. The molecular formula is C16H23IN6O2S. The summed E-state index contributed by atoms with van der Waals surface area (Å²) in [6.45, 7) is 5.76. The number of aliphatic imine (C=N–C) groups is 1. The molecule has 26 heavy (non-hydrogen) atoms. The molecule has 1 heterocycles. The van der Waals surface area contributed by atoms with Crippen LogP contribution in [0.2, 0.25) is 0 Å². The largest absolute Gasteiger partial charge is 0.378 e. The van der Waals surface area contributed by atoms with Gasteiger partial charge in [0.25, 0.3) is 5.69 Å². The Balaban J connectivity index is 0.00000338. The van der Waals surface area contributed by atoms with E-state index in [9.17, 15) is 10.1 Å². The van der Waals surface area contributed by atoms with Crippen LogP contribution in [-0.2, 0) is 6.54 Å². The number of para-hydroxylation sites is 2. The van der Waals surface area contributed by atoms with Crippen LogP contribution in [0.4, 0.5) is 11.4 Å². The van der Waals surface area contributed by atoms with E-state index in [2.05, 4.69) is 32.9 Å². The molecule has 1 aromatic heterocycles. The van der Waals surface area contributed by atoms with E-state index >= 15 is 0 Å². The summed E-state index contributed by atoms with van der Waals surface area (Å²) in [6, 6.07) is 6.59. The number of thiazole rings is 1. The molecule has 0 radical (unpaired) electrons. The standard InChI is InChI=1S/C16H22N6O2S.HI/c1-11-12(2)25-15(21-11)10-20-16(17-3)19-9-8-18-13-6-4-5-7-14(13)22(23)24;/h4-7,18H,8-10H2,1-3H3,(H2,17,19,20);1H. The Hall–Kier alpha value is -1.95. The number of nitrogens with one attached hydrogen (secondary N) is 3. The SMILES string of the molecule is CN=C(NCCNc1ccccc1[N+](=O)[O-])NCc1nc(C)c(C)s1.I. The molecule has 0 saturated carbocycles. The average molecular weight is 490 g/mol. The monoisotopic (exact) mass is 490 g/mol. The Bertz CT molecular complexity index is 745. The number of aryl methyl sites for hydroxylation is 2. The van der Waals surface area contributed by atoms with Crippen molar-refractivity contribution >= 4 is 52.6 Å². The van der Waals surface area contributed by atoms with Crippen molar-refractivity contribution in [2.24, 2.45) is 4.99 Å². The normalized spacial score (nSPS) is 10.8. The van der Waals surface area contributed by atoms with Crippen LogP contribution in [0, 0.1) is 24.0 Å². The zero-order valence-corrected chi connectivity index (χ0v) is 18.1. The Labute approximate surface area is 173 Å². The maximum Gasteiger partial charge on any atom is 0.292 e. The van der Waals surface area contributed by atoms with Crippen LogP contribution in [0.3, 0.4) is 0 Å². The van der Waals surface area contributed by atoms with Crippen LogP contribution in [-0.4, -0.2) is 36.0 Å². The second-order valence-corrected chi connectivity index (χ2v) is 6.59. The molecule has 1 aromatic carbocycles. The van der Waals surface area contributed by atoms with Crippen molar-refractivity contribution in [3.63, 3.8) is 0 Å². The lowest BCUT2D eigenvalue weighted by Crippen LogP contribution is -2.39. The second kappa shape index (κ2) is 10.9. The van der Waals surface area contributed by atoms with Gasteiger partial charge in [-0.25, -0.2) is 4.98 Å². The van der Waals surface area contributed by atoms with Gasteiger partial charge in [-0.2, -0.15) is 0 Å². The first-order valence-electron chi connectivity index (χ1n) is 7.86. The number of nitro benzene ring substituents is 1. The van der Waals surface area contributed by atoms with Crippen LogP contribution in [0.1, 0.15) is 15.6 Å². The van der Waals surface area contributed by atoms with Gasteiger partial charge in [0.15, 0.2) is 5.96 Å². The zero-order chi connectivity index (χ0) is 18.2. The minimum atomic E-state index is -0.395. The first-order valence-corrected chi connectivity index (χ1v) is 8.67. The molecule has 0 amide bonds. The summed E-state index contributed by atoms with van der Waals surface area (Å²) < 4.78 is 0. The molecule has 0 spiro atoms. The first-order chi connectivity index (χ1) is 12.0. The highest BCUT2D eigenvalue weighted by Crippen LogP contribution is 2.22. The fourth-order valence-corrected chi connectivity index (χ4v) is 3.03. The molecule has 0 aliphatic carbocycles. The van der Waals surface area contributed by atoms with Crippen LogP contribution in [0.25, 0.3) is 0 Å². The molecule has 2 rings (SSSR count). The van der Waals surface area contributed by atoms with Gasteiger partial charge in [0.2, 0.25) is 0 Å². The van der Waals surface area contributed by atoms with Gasteiger partial charge in [-0.1, -0.05) is 12.1 Å². The Morgan fingerprint density at radius 3 is 2.62 bits per heavy atom. The van der Waals surface area contributed by atoms with Crippen LogP contribution in [0.15, 0.2) is 29.3 Å². The fraction of sp³-hybridized carbons (Fsp3) is 0.375. The van der Waals surface area contributed by atoms with E-state index in [0.29, 0.717) is 31.3 Å². The van der Waals surface area contributed by atoms with Crippen molar-refractivity contribution in [2.45, 2.75) is 20.4 Å². The van der Waals surface area contributed by atoms with Gasteiger partial charge in [0.1, 0.15) is 10.7 Å². The van der Waals surface area contributed by atoms with E-state index < -0.39 is 4.92 Å². The zero-order valence-electron chi connectivity index (χ0n) is 14.9. The summed E-state index contributed by atoms with van der Waals surface area (Å²) in [5.41, 5.74) is 1.63. The molecule has 2 aromatic rings. The molecule has 142 valence electrons. The molecule has 0 unspecified atom stereocenters. The van der Waals surface area contributed by atoms with E-state index in [-0.39, 0.29) is 29.7 Å². The summed E-state index contributed by atoms with van der Waals surface area (Å²) in [7, 11) is 1.70. The number of aromatic nitrogens is 1. The van der Waals surface area contributed by atoms with Crippen molar-refractivity contribution in [1.29, 1.82) is 0 Å². The van der Waals surface area contributed by atoms with Gasteiger partial charge in [0.05, 0.1) is 17.2 Å². The maximum atomic E-state index is 11.0. The Morgan fingerprint density at radius 2 is 2.00 bits per heavy atom. The Kier molecular flexibility index (Phi) is 9.27. The summed E-state index contributed by atoms with van der Waals surface area (Å²) in [4.78, 5) is 20.4. The van der Waals surface area contributed by atoms with Crippen molar-refractivity contribution in [3.05, 3.63) is 50.0 Å². The van der Waals surface area contributed by atoms with E-state index in [1.54, 1.807) is 36.6 Å². The van der Waals surface area contributed by atoms with E-state index in [1.807, 2.05) is 6.92 Å². The minimum Gasteiger partial charge on any atom is -0.378 e. The van der Waals surface area contributed by atoms with Gasteiger partial charge in [0, 0.05) is 31.1 Å². The molecule has 0 atom stereocenters. The topological polar surface area (TPSA) is 104 Å². The number of halogens is 1. The highest BCUT2D eigenvalue weighted by Gasteiger charge is 2.11. The van der Waals surface area contributed by atoms with Gasteiger partial charge in [-0.15, -0.1) is 35.3 Å². The lowest BCUT2D eigenvalue weighted by molar-refractivity contribution is -0.384. The van der Waals surface area contributed by atoms with Crippen molar-refractivity contribution in [2.75, 3.05) is 25.5 Å². The maximum absolute atomic E-state index is 11.0. The minimum absolute atomic E-state index is 0. The third-order valence-electron chi connectivity index (χ3n) is 3.54. The lowest BCUT2D eigenvalue weighted by Gasteiger charge is -2.12. The number of guanidine groups is 1. The number of hydrogen-bond acceptors (Lipinski definition) is 6. The molecular weight excluding hydrogens is 467 g/mol. The van der Waals surface area contributed by atoms with Crippen LogP contribution < -0.4 is 16.0 Å². The fourth-order valence-electron chi connectivity index (χ4n) is 2.16. The molecule has 3 N–H and O–H groups in total. The van der Waals surface area contributed by atoms with E-state index in [0.717, 1.165) is 10.7 Å².